The maximum absolute atomic E-state index is 12.6. The van der Waals surface area contributed by atoms with Gasteiger partial charge in [-0.25, -0.2) is 14.8 Å². The van der Waals surface area contributed by atoms with Crippen LogP contribution in [-0.2, 0) is 21.9 Å². The average molecular weight is 661 g/mol. The van der Waals surface area contributed by atoms with Gasteiger partial charge in [-0.05, 0) is 57.3 Å². The van der Waals surface area contributed by atoms with Crippen LogP contribution in [-0.4, -0.2) is 28.6 Å². The van der Waals surface area contributed by atoms with E-state index in [0.29, 0.717) is 4.47 Å². The van der Waals surface area contributed by atoms with Gasteiger partial charge in [-0.1, -0.05) is 22.9 Å². The van der Waals surface area contributed by atoms with Gasteiger partial charge >= 0.3 is 18.3 Å². The fourth-order valence-electron chi connectivity index (χ4n) is 2.00. The minimum Gasteiger partial charge on any atom is -0.479 e. The molecule has 0 spiro atoms. The Bertz CT molecular complexity index is 906. The van der Waals surface area contributed by atoms with Crippen LogP contribution >= 0.6 is 47.8 Å². The first kappa shape index (κ1) is 28.6. The molecule has 0 aliphatic carbocycles. The molecular formula is C18H15Br3F6N2O3. The van der Waals surface area contributed by atoms with Crippen molar-refractivity contribution >= 4 is 53.8 Å². The van der Waals surface area contributed by atoms with Crippen LogP contribution in [0.1, 0.15) is 31.7 Å². The van der Waals surface area contributed by atoms with Crippen molar-refractivity contribution in [3.8, 4) is 5.75 Å². The third kappa shape index (κ3) is 9.61. The van der Waals surface area contributed by atoms with Crippen LogP contribution in [0.5, 0.6) is 5.75 Å². The molecular weight excluding hydrogens is 646 g/mol. The number of nitrogens with zero attached hydrogens (tertiary/aromatic N) is 2. The van der Waals surface area contributed by atoms with Crippen molar-refractivity contribution in [2.75, 3.05) is 6.61 Å². The highest BCUT2D eigenvalue weighted by atomic mass is 79.9. The summed E-state index contributed by atoms with van der Waals surface area (Å²) in [6.07, 6.45) is -9.66. The van der Waals surface area contributed by atoms with Crippen molar-refractivity contribution in [3.05, 3.63) is 49.3 Å². The maximum Gasteiger partial charge on any atom is 0.433 e. The third-order valence-electron chi connectivity index (χ3n) is 3.31. The lowest BCUT2D eigenvalue weighted by atomic mass is 10.2. The van der Waals surface area contributed by atoms with E-state index in [0.717, 1.165) is 12.1 Å². The summed E-state index contributed by atoms with van der Waals surface area (Å²) in [5.41, 5.74) is -2.01. The zero-order chi connectivity index (χ0) is 24.7. The lowest BCUT2D eigenvalue weighted by Crippen LogP contribution is -2.28. The quantitative estimate of drug-likeness (QED) is 0.193. The zero-order valence-corrected chi connectivity index (χ0v) is 21.1. The fourth-order valence-corrected chi connectivity index (χ4v) is 3.59. The van der Waals surface area contributed by atoms with E-state index in [1.165, 1.54) is 12.1 Å². The molecule has 14 heteroatoms. The number of halogens is 9. The van der Waals surface area contributed by atoms with Crippen LogP contribution in [0.15, 0.2) is 37.9 Å². The number of pyridine rings is 2. The van der Waals surface area contributed by atoms with Gasteiger partial charge < -0.3 is 9.47 Å². The standard InChI is InChI=1S/C12H13BrF3NO3.C6H2Br2F3N/c1-3-8(11(18)19-4-2)20-7-5-9(12(14,15)16)17-10(13)6-7;7-3-1-4(6(9,10)11)12-5(8)2-3/h5-6,8H,3-4H2,1-2H3;1-2H. The van der Waals surface area contributed by atoms with Crippen molar-refractivity contribution in [1.82, 2.24) is 9.97 Å². The number of carbonyl (C=O) groups is 1. The maximum atomic E-state index is 12.6. The molecule has 2 rings (SSSR count). The number of carbonyl (C=O) groups excluding carboxylic acids is 1. The topological polar surface area (TPSA) is 61.3 Å². The minimum absolute atomic E-state index is 0.0268. The monoisotopic (exact) mass is 658 g/mol. The number of rotatable bonds is 5. The van der Waals surface area contributed by atoms with E-state index in [-0.39, 0.29) is 28.0 Å². The predicted octanol–water partition coefficient (Wildman–Crippen LogP) is 7.21. The van der Waals surface area contributed by atoms with Gasteiger partial charge in [0.15, 0.2) is 6.10 Å². The molecule has 178 valence electrons. The molecule has 2 aromatic heterocycles. The summed E-state index contributed by atoms with van der Waals surface area (Å²) in [5, 5.41) is 0. The lowest BCUT2D eigenvalue weighted by molar-refractivity contribution is -0.151. The van der Waals surface area contributed by atoms with Crippen LogP contribution in [0.3, 0.4) is 0 Å². The fraction of sp³-hybridized carbons (Fsp3) is 0.389. The molecule has 0 N–H and O–H groups in total. The molecule has 0 fully saturated rings. The molecule has 0 amide bonds. The van der Waals surface area contributed by atoms with E-state index in [1.807, 2.05) is 0 Å². The summed E-state index contributed by atoms with van der Waals surface area (Å²) in [4.78, 5) is 18.1. The third-order valence-corrected chi connectivity index (χ3v) is 4.58. The minimum atomic E-state index is -4.59. The molecule has 0 radical (unpaired) electrons. The van der Waals surface area contributed by atoms with Gasteiger partial charge in [-0.15, -0.1) is 0 Å². The van der Waals surface area contributed by atoms with Crippen molar-refractivity contribution < 1.29 is 40.6 Å². The summed E-state index contributed by atoms with van der Waals surface area (Å²) in [7, 11) is 0. The van der Waals surface area contributed by atoms with Gasteiger partial charge in [0.05, 0.1) is 6.61 Å². The molecule has 0 bridgehead atoms. The second kappa shape index (κ2) is 12.2. The van der Waals surface area contributed by atoms with E-state index in [9.17, 15) is 31.1 Å². The Morgan fingerprint density at radius 1 is 0.906 bits per heavy atom. The van der Waals surface area contributed by atoms with Crippen LogP contribution in [0, 0.1) is 0 Å². The molecule has 2 heterocycles. The molecule has 2 aromatic rings. The largest absolute Gasteiger partial charge is 0.479 e. The molecule has 5 nitrogen and oxygen atoms in total. The summed E-state index contributed by atoms with van der Waals surface area (Å²) in [5.74, 6) is -0.712. The summed E-state index contributed by atoms with van der Waals surface area (Å²) in [6.45, 7) is 3.48. The first-order valence-corrected chi connectivity index (χ1v) is 11.0. The van der Waals surface area contributed by atoms with Crippen molar-refractivity contribution in [2.45, 2.75) is 38.7 Å². The Hall–Kier alpha value is -1.41. The Morgan fingerprint density at radius 3 is 1.84 bits per heavy atom. The number of ether oxygens (including phenoxy) is 2. The van der Waals surface area contributed by atoms with Gasteiger partial charge in [0.2, 0.25) is 0 Å². The second-order valence-electron chi connectivity index (χ2n) is 5.77. The number of hydrogen-bond donors (Lipinski definition) is 0. The SMILES string of the molecule is CCOC(=O)C(CC)Oc1cc(Br)nc(C(F)(F)F)c1.FC(F)(F)c1cc(Br)cc(Br)n1. The van der Waals surface area contributed by atoms with Gasteiger partial charge in [0.1, 0.15) is 26.3 Å². The van der Waals surface area contributed by atoms with E-state index < -0.39 is 35.8 Å². The van der Waals surface area contributed by atoms with Gasteiger partial charge in [0, 0.05) is 16.6 Å². The molecule has 0 aromatic carbocycles. The van der Waals surface area contributed by atoms with Crippen LogP contribution in [0.2, 0.25) is 0 Å². The van der Waals surface area contributed by atoms with Crippen LogP contribution in [0.4, 0.5) is 26.3 Å². The molecule has 1 atom stereocenters. The van der Waals surface area contributed by atoms with Gasteiger partial charge in [-0.2, -0.15) is 26.3 Å². The van der Waals surface area contributed by atoms with Crippen molar-refractivity contribution in [1.29, 1.82) is 0 Å². The highest BCUT2D eigenvalue weighted by Gasteiger charge is 2.34. The Labute approximate surface area is 204 Å². The Balaban J connectivity index is 0.000000363. The average Bonchev–Trinajstić information content (AvgIpc) is 2.64. The molecule has 1 unspecified atom stereocenters. The highest BCUT2D eigenvalue weighted by Crippen LogP contribution is 2.32. The summed E-state index contributed by atoms with van der Waals surface area (Å²) >= 11 is 8.68. The predicted molar refractivity (Wildman–Crippen MR) is 113 cm³/mol. The number of aromatic nitrogens is 2. The molecule has 0 aliphatic rings. The molecule has 0 saturated heterocycles. The van der Waals surface area contributed by atoms with Crippen molar-refractivity contribution in [2.24, 2.45) is 0 Å². The Morgan fingerprint density at radius 2 is 1.41 bits per heavy atom. The molecule has 32 heavy (non-hydrogen) atoms. The summed E-state index contributed by atoms with van der Waals surface area (Å²) in [6, 6.07) is 4.36. The van der Waals surface area contributed by atoms with E-state index in [1.54, 1.807) is 13.8 Å². The zero-order valence-electron chi connectivity index (χ0n) is 16.3. The first-order chi connectivity index (χ1) is 14.7. The van der Waals surface area contributed by atoms with Crippen LogP contribution in [0.25, 0.3) is 0 Å². The normalized spacial score (nSPS) is 12.5. The van der Waals surface area contributed by atoms with Gasteiger partial charge in [0.25, 0.3) is 0 Å². The second-order valence-corrected chi connectivity index (χ2v) is 8.31. The molecule has 0 aliphatic heterocycles. The van der Waals surface area contributed by atoms with Crippen molar-refractivity contribution in [3.63, 3.8) is 0 Å². The summed E-state index contributed by atoms with van der Waals surface area (Å²) < 4.78 is 84.5. The lowest BCUT2D eigenvalue weighted by Gasteiger charge is -2.17. The van der Waals surface area contributed by atoms with Gasteiger partial charge in [-0.3, -0.25) is 0 Å². The number of alkyl halides is 6. The number of hydrogen-bond acceptors (Lipinski definition) is 5. The number of esters is 1. The Kier molecular flexibility index (Phi) is 10.9. The van der Waals surface area contributed by atoms with E-state index in [4.69, 9.17) is 9.47 Å². The van der Waals surface area contributed by atoms with Crippen LogP contribution < -0.4 is 4.74 Å². The molecule has 0 saturated carbocycles. The van der Waals surface area contributed by atoms with E-state index >= 15 is 0 Å². The van der Waals surface area contributed by atoms with E-state index in [2.05, 4.69) is 57.8 Å². The highest BCUT2D eigenvalue weighted by molar-refractivity contribution is 9.11. The first-order valence-electron chi connectivity index (χ1n) is 8.65. The smallest absolute Gasteiger partial charge is 0.433 e.